The van der Waals surface area contributed by atoms with E-state index in [9.17, 15) is 9.18 Å². The number of hydrogen-bond donors (Lipinski definition) is 0. The molecule has 2 heterocycles. The first-order chi connectivity index (χ1) is 16.5. The summed E-state index contributed by atoms with van der Waals surface area (Å²) in [6.45, 7) is 3.24. The topological polar surface area (TPSA) is 60.5 Å². The van der Waals surface area contributed by atoms with E-state index in [1.54, 1.807) is 51.7 Å². The van der Waals surface area contributed by atoms with Gasteiger partial charge in [-0.25, -0.2) is 4.39 Å². The summed E-state index contributed by atoms with van der Waals surface area (Å²) < 4.78 is 35.9. The molecule has 184 valence electrons. The minimum atomic E-state index is -0.311. The Hall–Kier alpha value is -3.00. The molecule has 2 fully saturated rings. The molecule has 0 aromatic heterocycles. The van der Waals surface area contributed by atoms with Crippen molar-refractivity contribution in [2.24, 2.45) is 0 Å². The van der Waals surface area contributed by atoms with Crippen molar-refractivity contribution >= 4 is 5.91 Å². The molecule has 2 aliphatic rings. The van der Waals surface area contributed by atoms with Crippen molar-refractivity contribution < 1.29 is 28.1 Å². The molecule has 0 bridgehead atoms. The molecule has 2 saturated heterocycles. The predicted molar refractivity (Wildman–Crippen MR) is 127 cm³/mol. The maximum Gasteiger partial charge on any atom is 0.254 e. The molecule has 7 nitrogen and oxygen atoms in total. The van der Waals surface area contributed by atoms with Gasteiger partial charge in [0.1, 0.15) is 6.10 Å². The lowest BCUT2D eigenvalue weighted by molar-refractivity contribution is 0.0416. The number of ether oxygens (including phenoxy) is 4. The fourth-order valence-electron chi connectivity index (χ4n) is 4.90. The highest BCUT2D eigenvalue weighted by Crippen LogP contribution is 2.38. The predicted octanol–water partition coefficient (Wildman–Crippen LogP) is 4.00. The highest BCUT2D eigenvalue weighted by atomic mass is 19.1. The number of benzene rings is 2. The number of hydrogen-bond acceptors (Lipinski definition) is 6. The Labute approximate surface area is 200 Å². The van der Waals surface area contributed by atoms with E-state index in [1.165, 1.54) is 6.07 Å². The Morgan fingerprint density at radius 3 is 2.03 bits per heavy atom. The summed E-state index contributed by atoms with van der Waals surface area (Å²) in [6.07, 6.45) is 3.64. The number of halogens is 1. The number of para-hydroxylation sites is 1. The van der Waals surface area contributed by atoms with Crippen LogP contribution in [0.1, 0.15) is 36.0 Å². The fourth-order valence-corrected chi connectivity index (χ4v) is 4.90. The summed E-state index contributed by atoms with van der Waals surface area (Å²) in [5, 5.41) is 0. The van der Waals surface area contributed by atoms with Crippen LogP contribution in [-0.4, -0.2) is 75.4 Å². The van der Waals surface area contributed by atoms with E-state index in [2.05, 4.69) is 4.90 Å². The summed E-state index contributed by atoms with van der Waals surface area (Å²) >= 11 is 0. The molecule has 0 aliphatic carbocycles. The van der Waals surface area contributed by atoms with Gasteiger partial charge in [-0.15, -0.1) is 0 Å². The molecular weight excluding hydrogens is 439 g/mol. The van der Waals surface area contributed by atoms with Gasteiger partial charge in [-0.3, -0.25) is 9.69 Å². The van der Waals surface area contributed by atoms with Crippen LogP contribution >= 0.6 is 0 Å². The van der Waals surface area contributed by atoms with Gasteiger partial charge in [0.2, 0.25) is 5.75 Å². The first-order valence-corrected chi connectivity index (χ1v) is 11.8. The Balaban J connectivity index is 1.30. The second-order valence-electron chi connectivity index (χ2n) is 8.72. The first kappa shape index (κ1) is 24.1. The van der Waals surface area contributed by atoms with Crippen molar-refractivity contribution in [1.82, 2.24) is 9.80 Å². The molecule has 0 unspecified atom stereocenters. The van der Waals surface area contributed by atoms with Crippen LogP contribution in [0.3, 0.4) is 0 Å². The quantitative estimate of drug-likeness (QED) is 0.607. The maximum absolute atomic E-state index is 13.9. The number of amides is 1. The van der Waals surface area contributed by atoms with Crippen LogP contribution in [0.2, 0.25) is 0 Å². The van der Waals surface area contributed by atoms with E-state index in [0.29, 0.717) is 47.7 Å². The summed E-state index contributed by atoms with van der Waals surface area (Å²) in [7, 11) is 4.63. The summed E-state index contributed by atoms with van der Waals surface area (Å²) in [5.41, 5.74) is 0.527. The highest BCUT2D eigenvalue weighted by molar-refractivity contribution is 5.95. The van der Waals surface area contributed by atoms with Gasteiger partial charge in [0.25, 0.3) is 5.91 Å². The van der Waals surface area contributed by atoms with Crippen molar-refractivity contribution in [1.29, 1.82) is 0 Å². The Morgan fingerprint density at radius 1 is 0.853 bits per heavy atom. The molecule has 1 amide bonds. The van der Waals surface area contributed by atoms with Crippen LogP contribution in [0.5, 0.6) is 23.0 Å². The third-order valence-electron chi connectivity index (χ3n) is 6.79. The molecule has 0 saturated carbocycles. The molecule has 0 radical (unpaired) electrons. The second kappa shape index (κ2) is 11.0. The molecule has 2 aliphatic heterocycles. The van der Waals surface area contributed by atoms with Gasteiger partial charge in [-0.1, -0.05) is 12.1 Å². The summed E-state index contributed by atoms with van der Waals surface area (Å²) in [6, 6.07) is 10.4. The fraction of sp³-hybridized carbons (Fsp3) is 0.500. The summed E-state index contributed by atoms with van der Waals surface area (Å²) in [4.78, 5) is 17.6. The number of carbonyl (C=O) groups is 1. The van der Waals surface area contributed by atoms with Gasteiger partial charge in [-0.05, 0) is 49.9 Å². The van der Waals surface area contributed by atoms with Gasteiger partial charge < -0.3 is 23.8 Å². The molecule has 0 atom stereocenters. The van der Waals surface area contributed by atoms with Gasteiger partial charge >= 0.3 is 0 Å². The third kappa shape index (κ3) is 5.22. The van der Waals surface area contributed by atoms with Gasteiger partial charge in [0, 0.05) is 37.8 Å². The van der Waals surface area contributed by atoms with Crippen LogP contribution in [0.4, 0.5) is 4.39 Å². The smallest absolute Gasteiger partial charge is 0.254 e. The normalized spacial score (nSPS) is 17.9. The highest BCUT2D eigenvalue weighted by Gasteiger charge is 2.31. The van der Waals surface area contributed by atoms with E-state index < -0.39 is 0 Å². The lowest BCUT2D eigenvalue weighted by Gasteiger charge is -2.41. The number of methoxy groups -OCH3 is 3. The molecule has 34 heavy (non-hydrogen) atoms. The van der Waals surface area contributed by atoms with Crippen LogP contribution in [0, 0.1) is 5.82 Å². The maximum atomic E-state index is 13.9. The van der Waals surface area contributed by atoms with E-state index >= 15 is 0 Å². The van der Waals surface area contributed by atoms with E-state index in [1.807, 2.05) is 4.90 Å². The number of nitrogens with zero attached hydrogens (tertiary/aromatic N) is 2. The van der Waals surface area contributed by atoms with Gasteiger partial charge in [-0.2, -0.15) is 0 Å². The Kier molecular flexibility index (Phi) is 7.77. The van der Waals surface area contributed by atoms with Crippen LogP contribution in [0.15, 0.2) is 36.4 Å². The largest absolute Gasteiger partial charge is 0.493 e. The SMILES string of the molecule is COc1cc(C(=O)N2CCC(N3CCC(Oc4ccccc4F)CC3)CC2)cc(OC)c1OC. The average molecular weight is 473 g/mol. The zero-order chi connectivity index (χ0) is 24.1. The molecule has 0 N–H and O–H groups in total. The zero-order valence-corrected chi connectivity index (χ0v) is 20.1. The summed E-state index contributed by atoms with van der Waals surface area (Å²) in [5.74, 6) is 1.41. The van der Waals surface area contributed by atoms with Crippen molar-refractivity contribution in [3.8, 4) is 23.0 Å². The molecule has 2 aromatic carbocycles. The van der Waals surface area contributed by atoms with Gasteiger partial charge in [0.15, 0.2) is 23.1 Å². The van der Waals surface area contributed by atoms with Crippen molar-refractivity contribution in [2.75, 3.05) is 47.5 Å². The minimum Gasteiger partial charge on any atom is -0.493 e. The molecule has 2 aromatic rings. The Bertz CT molecular complexity index is 960. The molecule has 4 rings (SSSR count). The molecular formula is C26H33FN2O5. The minimum absolute atomic E-state index is 0.0327. The van der Waals surface area contributed by atoms with Crippen molar-refractivity contribution in [2.45, 2.75) is 37.8 Å². The Morgan fingerprint density at radius 2 is 1.47 bits per heavy atom. The monoisotopic (exact) mass is 472 g/mol. The van der Waals surface area contributed by atoms with Gasteiger partial charge in [0.05, 0.1) is 21.3 Å². The number of likely N-dealkylation sites (tertiary alicyclic amines) is 2. The van der Waals surface area contributed by atoms with Crippen molar-refractivity contribution in [3.63, 3.8) is 0 Å². The standard InChI is InChI=1S/C26H33FN2O5/c1-31-23-16-18(17-24(32-2)25(23)33-3)26(30)29-12-8-19(9-13-29)28-14-10-20(11-15-28)34-22-7-5-4-6-21(22)27/h4-7,16-17,19-20H,8-15H2,1-3H3. The van der Waals surface area contributed by atoms with E-state index in [-0.39, 0.29) is 17.8 Å². The molecule has 0 spiro atoms. The number of rotatable bonds is 7. The molecule has 8 heteroatoms. The lowest BCUT2D eigenvalue weighted by atomic mass is 9.98. The lowest BCUT2D eigenvalue weighted by Crippen LogP contribution is -2.50. The average Bonchev–Trinajstić information content (AvgIpc) is 2.89. The third-order valence-corrected chi connectivity index (χ3v) is 6.79. The van der Waals surface area contributed by atoms with E-state index in [4.69, 9.17) is 18.9 Å². The first-order valence-electron chi connectivity index (χ1n) is 11.8. The zero-order valence-electron chi connectivity index (χ0n) is 20.1. The van der Waals surface area contributed by atoms with Crippen LogP contribution in [0.25, 0.3) is 0 Å². The van der Waals surface area contributed by atoms with Crippen LogP contribution < -0.4 is 18.9 Å². The number of piperidine rings is 2. The second-order valence-corrected chi connectivity index (χ2v) is 8.72. The van der Waals surface area contributed by atoms with Crippen molar-refractivity contribution in [3.05, 3.63) is 47.8 Å². The van der Waals surface area contributed by atoms with E-state index in [0.717, 1.165) is 38.8 Å². The number of carbonyl (C=O) groups excluding carboxylic acids is 1. The van der Waals surface area contributed by atoms with Crippen LogP contribution in [-0.2, 0) is 0 Å².